The van der Waals surface area contributed by atoms with Crippen LogP contribution in [0.3, 0.4) is 0 Å². The summed E-state index contributed by atoms with van der Waals surface area (Å²) in [5.41, 5.74) is 0.915. The molecule has 0 radical (unpaired) electrons. The molecule has 0 N–H and O–H groups in total. The van der Waals surface area contributed by atoms with E-state index in [1.54, 1.807) is 6.07 Å². The Kier molecular flexibility index (Phi) is 3.12. The maximum absolute atomic E-state index is 12.1. The van der Waals surface area contributed by atoms with Crippen molar-refractivity contribution in [3.63, 3.8) is 0 Å². The van der Waals surface area contributed by atoms with Crippen molar-refractivity contribution in [2.45, 2.75) is 32.5 Å². The predicted molar refractivity (Wildman–Crippen MR) is 55.7 cm³/mol. The van der Waals surface area contributed by atoms with Gasteiger partial charge >= 0.3 is 6.98 Å². The Balaban J connectivity index is 2.82. The topological polar surface area (TPSA) is 12.9 Å². The minimum Gasteiger partial charge on any atom is -0.449 e. The lowest BCUT2D eigenvalue weighted by Gasteiger charge is -2.18. The molecule has 1 nitrogen and oxygen atoms in total. The van der Waals surface area contributed by atoms with E-state index in [1.807, 2.05) is 20.8 Å². The van der Waals surface area contributed by atoms with Gasteiger partial charge in [0.15, 0.2) is 0 Å². The summed E-state index contributed by atoms with van der Waals surface area (Å²) in [6.07, 6.45) is 0.466. The van der Waals surface area contributed by atoms with E-state index in [-0.39, 0.29) is 11.0 Å². The van der Waals surface area contributed by atoms with Gasteiger partial charge in [0.2, 0.25) is 0 Å². The molecule has 1 aromatic rings. The Morgan fingerprint density at radius 3 is 2.13 bits per heavy atom. The van der Waals surface area contributed by atoms with E-state index in [1.165, 1.54) is 12.3 Å². The second-order valence-electron chi connectivity index (χ2n) is 4.72. The molecule has 0 atom stereocenters. The summed E-state index contributed by atoms with van der Waals surface area (Å²) in [5, 5.41) is 0. The first-order chi connectivity index (χ1) is 6.68. The molecule has 0 aromatic carbocycles. The van der Waals surface area contributed by atoms with Crippen molar-refractivity contribution in [3.05, 3.63) is 29.6 Å². The van der Waals surface area contributed by atoms with Crippen LogP contribution in [0.4, 0.5) is 12.9 Å². The van der Waals surface area contributed by atoms with Crippen LogP contribution in [0.15, 0.2) is 18.3 Å². The van der Waals surface area contributed by atoms with Crippen LogP contribution in [-0.2, 0) is 11.7 Å². The molecule has 0 saturated carbocycles. The lowest BCUT2D eigenvalue weighted by atomic mass is 9.82. The molecule has 0 unspecified atom stereocenters. The summed E-state index contributed by atoms with van der Waals surface area (Å²) in [6.45, 7) is 1.16. The van der Waals surface area contributed by atoms with E-state index in [9.17, 15) is 12.9 Å². The van der Waals surface area contributed by atoms with Gasteiger partial charge in [0.05, 0.1) is 0 Å². The molecule has 0 aliphatic carbocycles. The van der Waals surface area contributed by atoms with E-state index >= 15 is 0 Å². The standard InChI is InChI=1S/C10H14BF3N/c1-10(2,3)9-5-4-8(7-15-9)6-11(12,13)14/h4-5,7H,6H2,1-3H3/q-1. The van der Waals surface area contributed by atoms with Gasteiger partial charge in [-0.05, 0) is 6.07 Å². The summed E-state index contributed by atoms with van der Waals surface area (Å²) in [5.74, 6) is 0. The molecule has 0 aliphatic rings. The maximum Gasteiger partial charge on any atom is 0.482 e. The molecule has 1 heterocycles. The van der Waals surface area contributed by atoms with Crippen LogP contribution < -0.4 is 0 Å². The maximum atomic E-state index is 12.1. The van der Waals surface area contributed by atoms with Gasteiger partial charge in [0.25, 0.3) is 0 Å². The number of rotatable bonds is 2. The lowest BCUT2D eigenvalue weighted by molar-refractivity contribution is 0.468. The van der Waals surface area contributed by atoms with Crippen LogP contribution in [0.5, 0.6) is 0 Å². The zero-order valence-electron chi connectivity index (χ0n) is 9.10. The molecule has 1 rings (SSSR count). The summed E-state index contributed by atoms with van der Waals surface area (Å²) >= 11 is 0. The largest absolute Gasteiger partial charge is 0.482 e. The second kappa shape index (κ2) is 3.87. The Hall–Kier alpha value is -0.995. The number of halogens is 3. The summed E-state index contributed by atoms with van der Waals surface area (Å²) in [4.78, 5) is 4.04. The van der Waals surface area contributed by atoms with Crippen LogP contribution in [0, 0.1) is 0 Å². The fraction of sp³-hybridized carbons (Fsp3) is 0.500. The molecule has 0 aliphatic heterocycles. The molecule has 0 amide bonds. The van der Waals surface area contributed by atoms with E-state index < -0.39 is 13.3 Å². The minimum atomic E-state index is -4.76. The van der Waals surface area contributed by atoms with Gasteiger partial charge in [-0.3, -0.25) is 4.98 Å². The highest BCUT2D eigenvalue weighted by atomic mass is 19.4. The fourth-order valence-corrected chi connectivity index (χ4v) is 1.26. The van der Waals surface area contributed by atoms with Crippen LogP contribution >= 0.6 is 0 Å². The average Bonchev–Trinajstić information content (AvgIpc) is 2.00. The SMILES string of the molecule is CC(C)(C)c1ccc(C[B-](F)(F)F)cn1. The average molecular weight is 216 g/mol. The van der Waals surface area contributed by atoms with E-state index in [0.29, 0.717) is 0 Å². The van der Waals surface area contributed by atoms with Crippen LogP contribution in [0.1, 0.15) is 32.0 Å². The van der Waals surface area contributed by atoms with Crippen molar-refractivity contribution in [1.82, 2.24) is 4.98 Å². The molecule has 0 bridgehead atoms. The predicted octanol–water partition coefficient (Wildman–Crippen LogP) is 3.31. The molecule has 15 heavy (non-hydrogen) atoms. The Morgan fingerprint density at radius 1 is 1.20 bits per heavy atom. The highest BCUT2D eigenvalue weighted by Crippen LogP contribution is 2.21. The normalized spacial score (nSPS) is 12.9. The zero-order chi connectivity index (χ0) is 11.7. The van der Waals surface area contributed by atoms with Crippen molar-refractivity contribution >= 4 is 6.98 Å². The monoisotopic (exact) mass is 216 g/mol. The first-order valence-corrected chi connectivity index (χ1v) is 4.85. The minimum absolute atomic E-state index is 0.123. The molecule has 5 heteroatoms. The first kappa shape index (κ1) is 12.1. The summed E-state index contributed by atoms with van der Waals surface area (Å²) in [6, 6.07) is 3.17. The summed E-state index contributed by atoms with van der Waals surface area (Å²) < 4.78 is 36.3. The van der Waals surface area contributed by atoms with E-state index in [0.717, 1.165) is 5.69 Å². The van der Waals surface area contributed by atoms with Crippen molar-refractivity contribution in [3.8, 4) is 0 Å². The Morgan fingerprint density at radius 2 is 1.80 bits per heavy atom. The van der Waals surface area contributed by atoms with Gasteiger partial charge in [-0.25, -0.2) is 0 Å². The third-order valence-corrected chi connectivity index (χ3v) is 2.06. The van der Waals surface area contributed by atoms with Crippen molar-refractivity contribution < 1.29 is 12.9 Å². The number of nitrogens with zero attached hydrogens (tertiary/aromatic N) is 1. The Labute approximate surface area is 87.8 Å². The van der Waals surface area contributed by atoms with Crippen LogP contribution in [-0.4, -0.2) is 12.0 Å². The van der Waals surface area contributed by atoms with E-state index in [2.05, 4.69) is 4.98 Å². The molecular formula is C10H14BF3N-. The van der Waals surface area contributed by atoms with Gasteiger partial charge in [0, 0.05) is 17.3 Å². The lowest BCUT2D eigenvalue weighted by Crippen LogP contribution is -2.20. The third kappa shape index (κ3) is 3.94. The third-order valence-electron chi connectivity index (χ3n) is 2.06. The molecule has 84 valence electrons. The number of aromatic nitrogens is 1. The molecular weight excluding hydrogens is 202 g/mol. The van der Waals surface area contributed by atoms with Crippen molar-refractivity contribution in [2.75, 3.05) is 0 Å². The van der Waals surface area contributed by atoms with Crippen LogP contribution in [0.25, 0.3) is 0 Å². The summed E-state index contributed by atoms with van der Waals surface area (Å²) in [7, 11) is 0. The first-order valence-electron chi connectivity index (χ1n) is 4.85. The van der Waals surface area contributed by atoms with Crippen LogP contribution in [0.2, 0.25) is 0 Å². The van der Waals surface area contributed by atoms with Crippen molar-refractivity contribution in [2.24, 2.45) is 0 Å². The number of pyridine rings is 1. The van der Waals surface area contributed by atoms with Gasteiger partial charge in [0.1, 0.15) is 0 Å². The van der Waals surface area contributed by atoms with E-state index in [4.69, 9.17) is 0 Å². The molecule has 0 spiro atoms. The smallest absolute Gasteiger partial charge is 0.449 e. The number of hydrogen-bond donors (Lipinski definition) is 0. The highest BCUT2D eigenvalue weighted by molar-refractivity contribution is 6.57. The Bertz CT molecular complexity index is 324. The van der Waals surface area contributed by atoms with Crippen molar-refractivity contribution in [1.29, 1.82) is 0 Å². The van der Waals surface area contributed by atoms with Gasteiger partial charge in [-0.2, -0.15) is 0 Å². The fourth-order valence-electron chi connectivity index (χ4n) is 1.26. The van der Waals surface area contributed by atoms with Gasteiger partial charge in [-0.1, -0.05) is 38.7 Å². The van der Waals surface area contributed by atoms with Gasteiger partial charge < -0.3 is 12.9 Å². The second-order valence-corrected chi connectivity index (χ2v) is 4.72. The quantitative estimate of drug-likeness (QED) is 0.691. The highest BCUT2D eigenvalue weighted by Gasteiger charge is 2.23. The molecule has 0 saturated heterocycles. The van der Waals surface area contributed by atoms with Gasteiger partial charge in [-0.15, -0.1) is 0 Å². The molecule has 0 fully saturated rings. The molecule has 1 aromatic heterocycles. The number of hydrogen-bond acceptors (Lipinski definition) is 1. The zero-order valence-corrected chi connectivity index (χ0v) is 9.10.